The summed E-state index contributed by atoms with van der Waals surface area (Å²) in [5, 5.41) is 32.5. The van der Waals surface area contributed by atoms with Crippen LogP contribution in [0.15, 0.2) is 11.6 Å². The predicted molar refractivity (Wildman–Crippen MR) is 132 cm³/mol. The van der Waals surface area contributed by atoms with E-state index in [1.54, 1.807) is 13.0 Å². The third-order valence-corrected chi connectivity index (χ3v) is 12.0. The van der Waals surface area contributed by atoms with Crippen LogP contribution in [0.4, 0.5) is 0 Å². The van der Waals surface area contributed by atoms with Crippen LogP contribution in [0, 0.1) is 34.5 Å². The summed E-state index contributed by atoms with van der Waals surface area (Å²) in [5.41, 5.74) is 0.404. The van der Waals surface area contributed by atoms with Gasteiger partial charge in [0.2, 0.25) is 0 Å². The van der Waals surface area contributed by atoms with Crippen molar-refractivity contribution >= 4 is 5.97 Å². The minimum atomic E-state index is -0.856. The molecule has 0 spiro atoms. The number of carbonyl (C=O) groups is 1. The van der Waals surface area contributed by atoms with E-state index < -0.39 is 30.2 Å². The lowest BCUT2D eigenvalue weighted by Gasteiger charge is -2.63. The SMILES string of the molecule is CC1O[C@@H](O[C@H]2CC[C@]3(C)C4CC[C@]5(C)[C@@H](C6=CC(=O)OC6)CC[C@]5(O)C4CC[C@@H]3C2)CC(O)[C@@H]1O. The number of esters is 1. The fourth-order valence-electron chi connectivity index (χ4n) is 9.82. The molecule has 12 atom stereocenters. The lowest BCUT2D eigenvalue weighted by Crippen LogP contribution is -2.62. The van der Waals surface area contributed by atoms with Crippen molar-refractivity contribution in [3.05, 3.63) is 11.6 Å². The van der Waals surface area contributed by atoms with Gasteiger partial charge in [-0.25, -0.2) is 4.79 Å². The summed E-state index contributed by atoms with van der Waals surface area (Å²) < 4.78 is 17.4. The fraction of sp³-hybridized carbons (Fsp3) is 0.897. The molecular formula is C29H44O7. The summed E-state index contributed by atoms with van der Waals surface area (Å²) in [6, 6.07) is 0. The highest BCUT2D eigenvalue weighted by Crippen LogP contribution is 2.70. The van der Waals surface area contributed by atoms with Crippen LogP contribution in [0.5, 0.6) is 0 Å². The minimum Gasteiger partial charge on any atom is -0.458 e. The number of carbonyl (C=O) groups excluding carboxylic acids is 1. The Morgan fingerprint density at radius 1 is 1.00 bits per heavy atom. The first kappa shape index (κ1) is 25.3. The average molecular weight is 505 g/mol. The van der Waals surface area contributed by atoms with Gasteiger partial charge in [-0.05, 0) is 99.4 Å². The summed E-state index contributed by atoms with van der Waals surface area (Å²) in [4.78, 5) is 11.8. The summed E-state index contributed by atoms with van der Waals surface area (Å²) in [6.45, 7) is 6.92. The maximum Gasteiger partial charge on any atom is 0.331 e. The molecule has 202 valence electrons. The number of ether oxygens (including phenoxy) is 3. The molecular weight excluding hydrogens is 460 g/mol. The first-order chi connectivity index (χ1) is 17.0. The van der Waals surface area contributed by atoms with Crippen molar-refractivity contribution in [1.29, 1.82) is 0 Å². The predicted octanol–water partition coefficient (Wildman–Crippen LogP) is 3.49. The molecule has 0 bridgehead atoms. The zero-order chi connectivity index (χ0) is 25.5. The van der Waals surface area contributed by atoms with E-state index in [9.17, 15) is 20.1 Å². The molecule has 1 saturated heterocycles. The largest absolute Gasteiger partial charge is 0.458 e. The van der Waals surface area contributed by atoms with Crippen LogP contribution in [-0.4, -0.2) is 64.2 Å². The Kier molecular flexibility index (Phi) is 6.16. The van der Waals surface area contributed by atoms with E-state index in [0.29, 0.717) is 30.8 Å². The normalized spacial score (nSPS) is 54.8. The van der Waals surface area contributed by atoms with Gasteiger partial charge >= 0.3 is 5.97 Å². The van der Waals surface area contributed by atoms with E-state index in [1.807, 2.05) is 0 Å². The maximum absolute atomic E-state index is 12.4. The molecule has 6 rings (SSSR count). The van der Waals surface area contributed by atoms with Gasteiger partial charge in [0.05, 0.1) is 23.9 Å². The van der Waals surface area contributed by atoms with Gasteiger partial charge in [0, 0.05) is 17.9 Å². The fourth-order valence-corrected chi connectivity index (χ4v) is 9.82. The standard InChI is InChI=1S/C29H44O7/c1-16-26(32)23(30)14-25(35-16)36-19-6-9-27(2)18(13-19)4-5-22-21(27)7-10-28(3)20(8-11-29(22,28)33)17-12-24(31)34-15-17/h12,16,18-23,25-26,30,32-33H,4-11,13-15H2,1-3H3/t16?,18-,19+,20-,21?,22?,23?,25+,26-,27+,28-,29+/m1/s1. The molecule has 4 aliphatic carbocycles. The quantitative estimate of drug-likeness (QED) is 0.399. The first-order valence-corrected chi connectivity index (χ1v) is 14.3. The lowest BCUT2D eigenvalue weighted by atomic mass is 9.43. The Balaban J connectivity index is 1.15. The van der Waals surface area contributed by atoms with Crippen LogP contribution < -0.4 is 0 Å². The lowest BCUT2D eigenvalue weighted by molar-refractivity contribution is -0.270. The second kappa shape index (κ2) is 8.77. The Morgan fingerprint density at radius 3 is 2.53 bits per heavy atom. The molecule has 2 aliphatic heterocycles. The van der Waals surface area contributed by atoms with Gasteiger partial charge in [0.25, 0.3) is 0 Å². The van der Waals surface area contributed by atoms with Gasteiger partial charge in [0.15, 0.2) is 6.29 Å². The van der Waals surface area contributed by atoms with Crippen LogP contribution in [0.3, 0.4) is 0 Å². The van der Waals surface area contributed by atoms with E-state index in [4.69, 9.17) is 14.2 Å². The van der Waals surface area contributed by atoms with Gasteiger partial charge < -0.3 is 29.5 Å². The molecule has 4 unspecified atom stereocenters. The molecule has 0 amide bonds. The van der Waals surface area contributed by atoms with Crippen molar-refractivity contribution in [2.24, 2.45) is 34.5 Å². The second-order valence-electron chi connectivity index (χ2n) is 13.4. The molecule has 0 aromatic heterocycles. The highest BCUT2D eigenvalue weighted by molar-refractivity contribution is 5.85. The van der Waals surface area contributed by atoms with E-state index in [-0.39, 0.29) is 28.8 Å². The molecule has 3 N–H and O–H groups in total. The zero-order valence-electron chi connectivity index (χ0n) is 22.0. The molecule has 36 heavy (non-hydrogen) atoms. The molecule has 7 nitrogen and oxygen atoms in total. The molecule has 0 radical (unpaired) electrons. The number of fused-ring (bicyclic) bond motifs is 5. The number of aliphatic hydroxyl groups is 3. The highest BCUT2D eigenvalue weighted by Gasteiger charge is 2.67. The van der Waals surface area contributed by atoms with Crippen LogP contribution in [0.25, 0.3) is 0 Å². The van der Waals surface area contributed by atoms with E-state index in [2.05, 4.69) is 13.8 Å². The van der Waals surface area contributed by atoms with Gasteiger partial charge in [-0.1, -0.05) is 13.8 Å². The Hall–Kier alpha value is -0.990. The number of hydrogen-bond acceptors (Lipinski definition) is 7. The van der Waals surface area contributed by atoms with Gasteiger partial charge in [-0.3, -0.25) is 0 Å². The minimum absolute atomic E-state index is 0.110. The van der Waals surface area contributed by atoms with Crippen molar-refractivity contribution in [2.45, 2.75) is 121 Å². The molecule has 0 aromatic rings. The topological polar surface area (TPSA) is 105 Å². The van der Waals surface area contributed by atoms with Crippen molar-refractivity contribution in [2.75, 3.05) is 6.61 Å². The third-order valence-electron chi connectivity index (χ3n) is 12.0. The molecule has 2 heterocycles. The monoisotopic (exact) mass is 504 g/mol. The summed E-state index contributed by atoms with van der Waals surface area (Å²) in [6.07, 6.45) is 8.64. The Labute approximate surface area is 214 Å². The van der Waals surface area contributed by atoms with E-state index in [1.165, 1.54) is 0 Å². The molecule has 5 fully saturated rings. The number of hydrogen-bond donors (Lipinski definition) is 3. The highest BCUT2D eigenvalue weighted by atomic mass is 16.7. The van der Waals surface area contributed by atoms with Crippen LogP contribution in [0.2, 0.25) is 0 Å². The molecule has 7 heteroatoms. The van der Waals surface area contributed by atoms with Gasteiger partial charge in [-0.2, -0.15) is 0 Å². The second-order valence-corrected chi connectivity index (χ2v) is 13.4. The first-order valence-electron chi connectivity index (χ1n) is 14.3. The van der Waals surface area contributed by atoms with Gasteiger partial charge in [-0.15, -0.1) is 0 Å². The Bertz CT molecular complexity index is 907. The summed E-state index contributed by atoms with van der Waals surface area (Å²) >= 11 is 0. The van der Waals surface area contributed by atoms with Crippen LogP contribution in [0.1, 0.15) is 85.0 Å². The van der Waals surface area contributed by atoms with Crippen molar-refractivity contribution in [3.8, 4) is 0 Å². The number of rotatable bonds is 3. The average Bonchev–Trinajstić information content (AvgIpc) is 3.37. The summed E-state index contributed by atoms with van der Waals surface area (Å²) in [7, 11) is 0. The molecule has 6 aliphatic rings. The van der Waals surface area contributed by atoms with Crippen molar-refractivity contribution < 1.29 is 34.3 Å². The van der Waals surface area contributed by atoms with Crippen molar-refractivity contribution in [1.82, 2.24) is 0 Å². The number of aliphatic hydroxyl groups excluding tert-OH is 2. The number of cyclic esters (lactones) is 1. The van der Waals surface area contributed by atoms with Crippen LogP contribution in [-0.2, 0) is 19.0 Å². The maximum atomic E-state index is 12.4. The Morgan fingerprint density at radius 2 is 1.81 bits per heavy atom. The summed E-state index contributed by atoms with van der Waals surface area (Å²) in [5.74, 6) is 1.37. The molecule has 4 saturated carbocycles. The molecule has 0 aromatic carbocycles. The smallest absolute Gasteiger partial charge is 0.331 e. The third kappa shape index (κ3) is 3.67. The van der Waals surface area contributed by atoms with E-state index >= 15 is 0 Å². The van der Waals surface area contributed by atoms with Gasteiger partial charge in [0.1, 0.15) is 12.7 Å². The zero-order valence-corrected chi connectivity index (χ0v) is 22.0. The van der Waals surface area contributed by atoms with Crippen molar-refractivity contribution in [3.63, 3.8) is 0 Å². The van der Waals surface area contributed by atoms with E-state index in [0.717, 1.165) is 63.4 Å². The van der Waals surface area contributed by atoms with Crippen LogP contribution >= 0.6 is 0 Å².